The van der Waals surface area contributed by atoms with E-state index in [2.05, 4.69) is 23.1 Å². The molecule has 0 spiro atoms. The van der Waals surface area contributed by atoms with Crippen LogP contribution in [0.1, 0.15) is 55.2 Å². The van der Waals surface area contributed by atoms with Crippen LogP contribution in [0, 0.1) is 0 Å². The Morgan fingerprint density at radius 1 is 0.750 bits per heavy atom. The summed E-state index contributed by atoms with van der Waals surface area (Å²) < 4.78 is 6.22. The van der Waals surface area contributed by atoms with E-state index in [4.69, 9.17) is 4.74 Å². The molecule has 3 aromatic carbocycles. The molecule has 1 fully saturated rings. The van der Waals surface area contributed by atoms with Gasteiger partial charge in [0.25, 0.3) is 5.91 Å². The third kappa shape index (κ3) is 2.91. The Balaban J connectivity index is 1.21. The number of benzene rings is 3. The molecule has 1 saturated heterocycles. The van der Waals surface area contributed by atoms with E-state index >= 15 is 0 Å². The van der Waals surface area contributed by atoms with Crippen molar-refractivity contribution in [1.29, 1.82) is 0 Å². The zero-order valence-electron chi connectivity index (χ0n) is 17.4. The van der Waals surface area contributed by atoms with Crippen molar-refractivity contribution in [3.05, 3.63) is 100 Å². The molecule has 2 unspecified atom stereocenters. The van der Waals surface area contributed by atoms with Crippen LogP contribution >= 0.6 is 0 Å². The van der Waals surface area contributed by atoms with E-state index in [-0.39, 0.29) is 23.7 Å². The highest BCUT2D eigenvalue weighted by molar-refractivity contribution is 5.94. The van der Waals surface area contributed by atoms with Gasteiger partial charge in [0.2, 0.25) is 0 Å². The lowest BCUT2D eigenvalue weighted by atomic mass is 9.85. The zero-order chi connectivity index (χ0) is 21.8. The molecule has 3 aliphatic heterocycles. The Labute approximate surface area is 185 Å². The van der Waals surface area contributed by atoms with Gasteiger partial charge >= 0.3 is 5.97 Å². The van der Waals surface area contributed by atoms with Crippen LogP contribution in [0.25, 0.3) is 0 Å². The summed E-state index contributed by atoms with van der Waals surface area (Å²) in [6.07, 6.45) is -0.340. The van der Waals surface area contributed by atoms with Crippen molar-refractivity contribution < 1.29 is 19.4 Å². The molecule has 1 N–H and O–H groups in total. The maximum atomic E-state index is 12.7. The minimum Gasteiger partial charge on any atom is -0.478 e. The van der Waals surface area contributed by atoms with Crippen molar-refractivity contribution in [3.63, 3.8) is 0 Å². The monoisotopic (exact) mass is 426 g/mol. The van der Waals surface area contributed by atoms with Crippen molar-refractivity contribution in [3.8, 4) is 0 Å². The highest BCUT2D eigenvalue weighted by Crippen LogP contribution is 2.54. The average molecular weight is 426 g/mol. The third-order valence-electron chi connectivity index (χ3n) is 6.76. The molecule has 6 rings (SSSR count). The SMILES string of the molecule is O=C(O)c1ccc2c(c1)C1OC2c2ccc(N3CCN(C(=O)c4ccccc4)CC3)cc21. The molecule has 32 heavy (non-hydrogen) atoms. The summed E-state index contributed by atoms with van der Waals surface area (Å²) in [5, 5.41) is 9.35. The number of carboxylic acids is 1. The molecule has 6 heteroatoms. The average Bonchev–Trinajstić information content (AvgIpc) is 3.41. The first-order valence-corrected chi connectivity index (χ1v) is 10.9. The first-order valence-electron chi connectivity index (χ1n) is 10.9. The number of carbonyl (C=O) groups is 2. The predicted molar refractivity (Wildman–Crippen MR) is 119 cm³/mol. The van der Waals surface area contributed by atoms with E-state index < -0.39 is 5.97 Å². The lowest BCUT2D eigenvalue weighted by Crippen LogP contribution is -2.48. The van der Waals surface area contributed by atoms with Crippen LogP contribution < -0.4 is 4.90 Å². The summed E-state index contributed by atoms with van der Waals surface area (Å²) in [4.78, 5) is 28.3. The van der Waals surface area contributed by atoms with Crippen molar-refractivity contribution in [2.24, 2.45) is 0 Å². The second kappa shape index (κ2) is 7.21. The summed E-state index contributed by atoms with van der Waals surface area (Å²) >= 11 is 0. The summed E-state index contributed by atoms with van der Waals surface area (Å²) in [6.45, 7) is 2.90. The standard InChI is InChI=1S/C26H22N2O4/c29-25(16-4-2-1-3-5-16)28-12-10-27(11-13-28)18-7-9-20-22(15-18)24-21-14-17(26(30)31)6-8-19(21)23(20)32-24/h1-9,14-15,23-24H,10-13H2,(H,30,31). The predicted octanol–water partition coefficient (Wildman–Crippen LogP) is 3.87. The Hall–Kier alpha value is -3.64. The smallest absolute Gasteiger partial charge is 0.335 e. The molecule has 0 radical (unpaired) electrons. The van der Waals surface area contributed by atoms with Crippen LogP contribution in [0.4, 0.5) is 5.69 Å². The van der Waals surface area contributed by atoms with Gasteiger partial charge in [-0.25, -0.2) is 4.79 Å². The summed E-state index contributed by atoms with van der Waals surface area (Å²) in [6, 6.07) is 21.1. The van der Waals surface area contributed by atoms with E-state index in [9.17, 15) is 14.7 Å². The van der Waals surface area contributed by atoms with Gasteiger partial charge in [-0.1, -0.05) is 30.3 Å². The Morgan fingerprint density at radius 3 is 2.12 bits per heavy atom. The van der Waals surface area contributed by atoms with E-state index in [1.54, 1.807) is 12.1 Å². The number of anilines is 1. The maximum absolute atomic E-state index is 12.7. The van der Waals surface area contributed by atoms with Gasteiger partial charge in [-0.2, -0.15) is 0 Å². The number of hydrogen-bond acceptors (Lipinski definition) is 4. The minimum absolute atomic E-state index is 0.0794. The molecule has 3 aliphatic rings. The molecule has 3 aromatic rings. The van der Waals surface area contributed by atoms with Crippen LogP contribution in [0.3, 0.4) is 0 Å². The second-order valence-electron chi connectivity index (χ2n) is 8.50. The maximum Gasteiger partial charge on any atom is 0.335 e. The third-order valence-corrected chi connectivity index (χ3v) is 6.76. The largest absolute Gasteiger partial charge is 0.478 e. The highest BCUT2D eigenvalue weighted by Gasteiger charge is 2.43. The number of rotatable bonds is 3. The van der Waals surface area contributed by atoms with Crippen LogP contribution in [0.2, 0.25) is 0 Å². The van der Waals surface area contributed by atoms with E-state index in [1.807, 2.05) is 41.3 Å². The van der Waals surface area contributed by atoms with E-state index in [0.717, 1.165) is 46.6 Å². The molecule has 0 aromatic heterocycles. The van der Waals surface area contributed by atoms with Crippen molar-refractivity contribution in [2.45, 2.75) is 12.2 Å². The van der Waals surface area contributed by atoms with Crippen LogP contribution in [-0.4, -0.2) is 48.1 Å². The minimum atomic E-state index is -0.924. The fourth-order valence-electron chi connectivity index (χ4n) is 5.09. The summed E-state index contributed by atoms with van der Waals surface area (Å²) in [5.41, 5.74) is 6.43. The Kier molecular flexibility index (Phi) is 4.30. The normalized spacial score (nSPS) is 20.8. The summed E-state index contributed by atoms with van der Waals surface area (Å²) in [5.74, 6) is -0.844. The molecule has 2 atom stereocenters. The van der Waals surface area contributed by atoms with Crippen LogP contribution in [0.5, 0.6) is 0 Å². The molecule has 0 saturated carbocycles. The first-order chi connectivity index (χ1) is 15.6. The number of piperazine rings is 1. The second-order valence-corrected chi connectivity index (χ2v) is 8.50. The van der Waals surface area contributed by atoms with Gasteiger partial charge < -0.3 is 19.6 Å². The number of amides is 1. The molecule has 160 valence electrons. The topological polar surface area (TPSA) is 70.1 Å². The molecule has 2 bridgehead atoms. The molecule has 0 aliphatic carbocycles. The van der Waals surface area contributed by atoms with Gasteiger partial charge in [0.1, 0.15) is 12.2 Å². The van der Waals surface area contributed by atoms with E-state index in [1.165, 1.54) is 0 Å². The highest BCUT2D eigenvalue weighted by atomic mass is 16.5. The molecule has 3 heterocycles. The number of carboxylic acid groups (broad SMARTS) is 1. The van der Waals surface area contributed by atoms with E-state index in [0.29, 0.717) is 13.1 Å². The van der Waals surface area contributed by atoms with Gasteiger partial charge in [-0.15, -0.1) is 0 Å². The number of fused-ring (bicyclic) bond motifs is 8. The number of ether oxygens (including phenoxy) is 1. The fraction of sp³-hybridized carbons (Fsp3) is 0.231. The van der Waals surface area contributed by atoms with Gasteiger partial charge in [-0.3, -0.25) is 4.79 Å². The number of aromatic carboxylic acids is 1. The lowest BCUT2D eigenvalue weighted by Gasteiger charge is -2.36. The van der Waals surface area contributed by atoms with Gasteiger partial charge in [-0.05, 0) is 58.7 Å². The lowest BCUT2D eigenvalue weighted by molar-refractivity contribution is 0.0695. The van der Waals surface area contributed by atoms with Gasteiger partial charge in [0.15, 0.2) is 0 Å². The quantitative estimate of drug-likeness (QED) is 0.689. The molecule has 6 nitrogen and oxygen atoms in total. The fourth-order valence-corrected chi connectivity index (χ4v) is 5.09. The number of hydrogen-bond donors (Lipinski definition) is 1. The zero-order valence-corrected chi connectivity index (χ0v) is 17.4. The van der Waals surface area contributed by atoms with Gasteiger partial charge in [0.05, 0.1) is 5.56 Å². The molecular formula is C26H22N2O4. The van der Waals surface area contributed by atoms with Crippen molar-refractivity contribution in [1.82, 2.24) is 4.90 Å². The Bertz CT molecular complexity index is 1230. The van der Waals surface area contributed by atoms with Gasteiger partial charge in [0, 0.05) is 37.4 Å². The molecule has 1 amide bonds. The van der Waals surface area contributed by atoms with Crippen molar-refractivity contribution >= 4 is 17.6 Å². The first kappa shape index (κ1) is 19.1. The van der Waals surface area contributed by atoms with Crippen LogP contribution in [0.15, 0.2) is 66.7 Å². The van der Waals surface area contributed by atoms with Crippen LogP contribution in [-0.2, 0) is 4.74 Å². The Morgan fingerprint density at radius 2 is 1.41 bits per heavy atom. The number of carbonyl (C=O) groups excluding carboxylic acids is 1. The molecular weight excluding hydrogens is 404 g/mol. The number of nitrogens with zero attached hydrogens (tertiary/aromatic N) is 2. The summed E-state index contributed by atoms with van der Waals surface area (Å²) in [7, 11) is 0. The van der Waals surface area contributed by atoms with Crippen molar-refractivity contribution in [2.75, 3.05) is 31.1 Å².